The van der Waals surface area contributed by atoms with Gasteiger partial charge in [-0.15, -0.1) is 0 Å². The van der Waals surface area contributed by atoms with E-state index in [1.165, 1.54) is 0 Å². The number of hydrogen-bond acceptors (Lipinski definition) is 4. The molecule has 4 rings (SSSR count). The number of hydrogen-bond donors (Lipinski definition) is 0. The standard InChI is InChI=1S/C20H20ClNO4/c1-20(2,3)13-4-5-16-15(7-13)22(19(23)10-24-16)9-12-6-17-18(8-14(12)21)26-11-25-17/h4-8H,9-11H2,1-3H3. The third kappa shape index (κ3) is 2.97. The maximum atomic E-state index is 12.6. The van der Waals surface area contributed by atoms with Crippen molar-refractivity contribution in [2.75, 3.05) is 18.3 Å². The highest BCUT2D eigenvalue weighted by Crippen LogP contribution is 2.40. The minimum Gasteiger partial charge on any atom is -0.482 e. The van der Waals surface area contributed by atoms with Crippen LogP contribution in [-0.4, -0.2) is 19.3 Å². The molecule has 0 saturated carbocycles. The van der Waals surface area contributed by atoms with Crippen LogP contribution in [0.5, 0.6) is 17.2 Å². The summed E-state index contributed by atoms with van der Waals surface area (Å²) >= 11 is 6.40. The van der Waals surface area contributed by atoms with Crippen molar-refractivity contribution in [3.8, 4) is 17.2 Å². The smallest absolute Gasteiger partial charge is 0.265 e. The first-order valence-corrected chi connectivity index (χ1v) is 8.86. The Hall–Kier alpha value is -2.40. The predicted octanol–water partition coefficient (Wildman–Crippen LogP) is 4.29. The zero-order chi connectivity index (χ0) is 18.5. The summed E-state index contributed by atoms with van der Waals surface area (Å²) in [4.78, 5) is 14.3. The first kappa shape index (κ1) is 17.0. The average Bonchev–Trinajstić information content (AvgIpc) is 3.03. The normalized spacial score (nSPS) is 15.7. The second-order valence-electron chi connectivity index (χ2n) is 7.50. The lowest BCUT2D eigenvalue weighted by Crippen LogP contribution is -2.38. The van der Waals surface area contributed by atoms with E-state index >= 15 is 0 Å². The molecule has 2 aromatic rings. The van der Waals surface area contributed by atoms with Gasteiger partial charge in [-0.05, 0) is 34.7 Å². The number of carbonyl (C=O) groups excluding carboxylic acids is 1. The molecule has 0 aliphatic carbocycles. The summed E-state index contributed by atoms with van der Waals surface area (Å²) in [7, 11) is 0. The molecule has 0 fully saturated rings. The van der Waals surface area contributed by atoms with Crippen LogP contribution in [0.15, 0.2) is 30.3 Å². The fourth-order valence-corrected chi connectivity index (χ4v) is 3.31. The van der Waals surface area contributed by atoms with Crippen LogP contribution in [-0.2, 0) is 16.8 Å². The number of anilines is 1. The number of halogens is 1. The Morgan fingerprint density at radius 1 is 1.04 bits per heavy atom. The number of benzene rings is 2. The topological polar surface area (TPSA) is 48.0 Å². The Labute approximate surface area is 157 Å². The first-order valence-electron chi connectivity index (χ1n) is 8.48. The van der Waals surface area contributed by atoms with E-state index in [9.17, 15) is 4.79 Å². The van der Waals surface area contributed by atoms with Crippen molar-refractivity contribution < 1.29 is 19.0 Å². The molecule has 1 amide bonds. The molecule has 2 aliphatic heterocycles. The lowest BCUT2D eigenvalue weighted by Gasteiger charge is -2.31. The van der Waals surface area contributed by atoms with E-state index in [0.717, 1.165) is 16.8 Å². The van der Waals surface area contributed by atoms with Crippen LogP contribution in [0.25, 0.3) is 0 Å². The zero-order valence-electron chi connectivity index (χ0n) is 15.0. The number of carbonyl (C=O) groups is 1. The fraction of sp³-hybridized carbons (Fsp3) is 0.350. The van der Waals surface area contributed by atoms with E-state index in [4.69, 9.17) is 25.8 Å². The molecule has 0 saturated heterocycles. The summed E-state index contributed by atoms with van der Waals surface area (Å²) in [6.07, 6.45) is 0. The maximum Gasteiger partial charge on any atom is 0.265 e. The highest BCUT2D eigenvalue weighted by molar-refractivity contribution is 6.31. The predicted molar refractivity (Wildman–Crippen MR) is 99.4 cm³/mol. The Morgan fingerprint density at radius 2 is 1.77 bits per heavy atom. The number of amides is 1. The lowest BCUT2D eigenvalue weighted by atomic mass is 9.86. The van der Waals surface area contributed by atoms with Crippen molar-refractivity contribution in [3.63, 3.8) is 0 Å². The molecule has 0 atom stereocenters. The molecule has 2 aliphatic rings. The fourth-order valence-electron chi connectivity index (χ4n) is 3.09. The third-order valence-electron chi connectivity index (χ3n) is 4.64. The van der Waals surface area contributed by atoms with E-state index in [2.05, 4.69) is 20.8 Å². The summed E-state index contributed by atoms with van der Waals surface area (Å²) in [6.45, 7) is 6.96. The van der Waals surface area contributed by atoms with Gasteiger partial charge >= 0.3 is 0 Å². The minimum atomic E-state index is -0.0997. The van der Waals surface area contributed by atoms with Crippen molar-refractivity contribution in [2.24, 2.45) is 0 Å². The van der Waals surface area contributed by atoms with E-state index in [1.807, 2.05) is 24.3 Å². The molecule has 5 nitrogen and oxygen atoms in total. The Morgan fingerprint density at radius 3 is 2.50 bits per heavy atom. The molecule has 0 spiro atoms. The molecular weight excluding hydrogens is 354 g/mol. The quantitative estimate of drug-likeness (QED) is 0.787. The van der Waals surface area contributed by atoms with Crippen LogP contribution in [0.3, 0.4) is 0 Å². The molecule has 136 valence electrons. The first-order chi connectivity index (χ1) is 12.3. The SMILES string of the molecule is CC(C)(C)c1ccc2c(c1)N(Cc1cc3c(cc1Cl)OCO3)C(=O)CO2. The summed E-state index contributed by atoms with van der Waals surface area (Å²) in [5.41, 5.74) is 2.68. The van der Waals surface area contributed by atoms with Gasteiger partial charge in [0.15, 0.2) is 18.1 Å². The molecule has 0 unspecified atom stereocenters. The van der Waals surface area contributed by atoms with Gasteiger partial charge in [-0.25, -0.2) is 0 Å². The van der Waals surface area contributed by atoms with Gasteiger partial charge in [-0.2, -0.15) is 0 Å². The van der Waals surface area contributed by atoms with E-state index in [0.29, 0.717) is 28.8 Å². The van der Waals surface area contributed by atoms with Crippen molar-refractivity contribution in [2.45, 2.75) is 32.7 Å². The van der Waals surface area contributed by atoms with Gasteiger partial charge in [-0.1, -0.05) is 38.4 Å². The van der Waals surface area contributed by atoms with Crippen LogP contribution < -0.4 is 19.1 Å². The monoisotopic (exact) mass is 373 g/mol. The van der Waals surface area contributed by atoms with E-state index in [-0.39, 0.29) is 24.7 Å². The molecule has 0 aromatic heterocycles. The highest BCUT2D eigenvalue weighted by Gasteiger charge is 2.29. The maximum absolute atomic E-state index is 12.6. The average molecular weight is 374 g/mol. The van der Waals surface area contributed by atoms with Gasteiger partial charge in [0.25, 0.3) is 5.91 Å². The zero-order valence-corrected chi connectivity index (χ0v) is 15.7. The molecule has 0 radical (unpaired) electrons. The van der Waals surface area contributed by atoms with Crippen LogP contribution in [0.2, 0.25) is 5.02 Å². The van der Waals surface area contributed by atoms with E-state index < -0.39 is 0 Å². The molecule has 6 heteroatoms. The van der Waals surface area contributed by atoms with Crippen molar-refractivity contribution >= 4 is 23.2 Å². The summed E-state index contributed by atoms with van der Waals surface area (Å²) in [6, 6.07) is 9.56. The summed E-state index contributed by atoms with van der Waals surface area (Å²) < 4.78 is 16.4. The van der Waals surface area contributed by atoms with E-state index in [1.54, 1.807) is 11.0 Å². The largest absolute Gasteiger partial charge is 0.482 e. The summed E-state index contributed by atoms with van der Waals surface area (Å²) in [5, 5.41) is 0.544. The van der Waals surface area contributed by atoms with Crippen LogP contribution in [0.1, 0.15) is 31.9 Å². The van der Waals surface area contributed by atoms with Crippen molar-refractivity contribution in [1.82, 2.24) is 0 Å². The van der Waals surface area contributed by atoms with Gasteiger partial charge in [-0.3, -0.25) is 4.79 Å². The van der Waals surface area contributed by atoms with Gasteiger partial charge in [0.05, 0.1) is 12.2 Å². The number of rotatable bonds is 2. The molecule has 2 aromatic carbocycles. The number of fused-ring (bicyclic) bond motifs is 2. The van der Waals surface area contributed by atoms with Crippen LogP contribution in [0, 0.1) is 0 Å². The third-order valence-corrected chi connectivity index (χ3v) is 4.99. The van der Waals surface area contributed by atoms with Gasteiger partial charge in [0, 0.05) is 11.1 Å². The Kier molecular flexibility index (Phi) is 3.99. The van der Waals surface area contributed by atoms with Gasteiger partial charge < -0.3 is 19.1 Å². The molecule has 2 heterocycles. The number of nitrogens with zero attached hydrogens (tertiary/aromatic N) is 1. The molecule has 0 bridgehead atoms. The second kappa shape index (κ2) is 6.09. The second-order valence-corrected chi connectivity index (χ2v) is 7.91. The van der Waals surface area contributed by atoms with Crippen LogP contribution >= 0.6 is 11.6 Å². The highest BCUT2D eigenvalue weighted by atomic mass is 35.5. The lowest BCUT2D eigenvalue weighted by molar-refractivity contribution is -0.121. The minimum absolute atomic E-state index is 0.0179. The Bertz CT molecular complexity index is 888. The van der Waals surface area contributed by atoms with Gasteiger partial charge in [0.2, 0.25) is 6.79 Å². The number of ether oxygens (including phenoxy) is 3. The van der Waals surface area contributed by atoms with Crippen molar-refractivity contribution in [3.05, 3.63) is 46.5 Å². The van der Waals surface area contributed by atoms with Gasteiger partial charge in [0.1, 0.15) is 5.75 Å². The molecular formula is C20H20ClNO4. The molecule has 26 heavy (non-hydrogen) atoms. The van der Waals surface area contributed by atoms with Crippen LogP contribution in [0.4, 0.5) is 5.69 Å². The summed E-state index contributed by atoms with van der Waals surface area (Å²) in [5.74, 6) is 1.88. The molecule has 0 N–H and O–H groups in total. The Balaban J connectivity index is 1.73. The van der Waals surface area contributed by atoms with Crippen molar-refractivity contribution in [1.29, 1.82) is 0 Å².